The minimum atomic E-state index is -4.51. The van der Waals surface area contributed by atoms with Gasteiger partial charge in [0, 0.05) is 0 Å². The van der Waals surface area contributed by atoms with Crippen molar-refractivity contribution >= 4 is 27.3 Å². The molecule has 0 atom stereocenters. The summed E-state index contributed by atoms with van der Waals surface area (Å²) in [5.41, 5.74) is -0.997. The molecule has 8 heteroatoms. The molecule has 0 aliphatic carbocycles. The van der Waals surface area contributed by atoms with Crippen LogP contribution >= 0.6 is 11.6 Å². The number of hydrogen-bond acceptors (Lipinski definition) is 2. The minimum absolute atomic E-state index is 0.0680. The Hall–Kier alpha value is -0.950. The molecule has 0 spiro atoms. The van der Waals surface area contributed by atoms with Crippen molar-refractivity contribution in [2.24, 2.45) is 0 Å². The molecule has 17 heavy (non-hydrogen) atoms. The van der Waals surface area contributed by atoms with Gasteiger partial charge in [0.1, 0.15) is 0 Å². The third-order valence-electron chi connectivity index (χ3n) is 1.94. The Kier molecular flexibility index (Phi) is 3.93. The quantitative estimate of drug-likeness (QED) is 0.928. The second kappa shape index (κ2) is 4.73. The Balaban J connectivity index is 3.07. The minimum Gasteiger partial charge on any atom is -0.282 e. The highest BCUT2D eigenvalue weighted by Gasteiger charge is 2.31. The van der Waals surface area contributed by atoms with E-state index in [1.807, 2.05) is 0 Å². The maximum atomic E-state index is 12.3. The number of sulfonamides is 1. The van der Waals surface area contributed by atoms with Crippen molar-refractivity contribution in [3.63, 3.8) is 0 Å². The smallest absolute Gasteiger partial charge is 0.282 e. The van der Waals surface area contributed by atoms with Gasteiger partial charge in [0.25, 0.3) is 0 Å². The zero-order valence-corrected chi connectivity index (χ0v) is 10.2. The van der Waals surface area contributed by atoms with Gasteiger partial charge in [-0.25, -0.2) is 8.42 Å². The summed E-state index contributed by atoms with van der Waals surface area (Å²) in [5, 5.41) is -0.295. The van der Waals surface area contributed by atoms with Crippen LogP contribution in [0.4, 0.5) is 18.9 Å². The van der Waals surface area contributed by atoms with Gasteiger partial charge in [0.2, 0.25) is 10.0 Å². The molecule has 0 heterocycles. The van der Waals surface area contributed by atoms with Gasteiger partial charge >= 0.3 is 6.18 Å². The van der Waals surface area contributed by atoms with E-state index in [-0.39, 0.29) is 16.5 Å². The molecule has 0 fully saturated rings. The number of alkyl halides is 3. The van der Waals surface area contributed by atoms with E-state index in [0.717, 1.165) is 12.1 Å². The molecule has 0 aromatic heterocycles. The van der Waals surface area contributed by atoms with Crippen LogP contribution < -0.4 is 4.72 Å². The second-order valence-electron chi connectivity index (χ2n) is 3.20. The number of halogens is 4. The molecule has 1 N–H and O–H groups in total. The van der Waals surface area contributed by atoms with E-state index in [9.17, 15) is 21.6 Å². The molecule has 1 aromatic carbocycles. The molecule has 1 aromatic rings. The van der Waals surface area contributed by atoms with Gasteiger partial charge in [-0.15, -0.1) is 0 Å². The molecule has 96 valence electrons. The lowest BCUT2D eigenvalue weighted by Gasteiger charge is -2.11. The van der Waals surface area contributed by atoms with E-state index in [1.54, 1.807) is 0 Å². The van der Waals surface area contributed by atoms with Crippen LogP contribution in [0.2, 0.25) is 5.02 Å². The number of hydrogen-bond donors (Lipinski definition) is 1. The zero-order valence-electron chi connectivity index (χ0n) is 8.68. The van der Waals surface area contributed by atoms with Crippen LogP contribution in [0.15, 0.2) is 18.2 Å². The first-order chi connectivity index (χ1) is 7.65. The van der Waals surface area contributed by atoms with E-state index in [4.69, 9.17) is 11.6 Å². The SMILES string of the molecule is CCS(=O)(=O)Nc1ccc(C(F)(F)F)cc1Cl. The van der Waals surface area contributed by atoms with E-state index < -0.39 is 21.8 Å². The molecule has 3 nitrogen and oxygen atoms in total. The number of nitrogens with one attached hydrogen (secondary N) is 1. The van der Waals surface area contributed by atoms with Gasteiger partial charge in [-0.1, -0.05) is 11.6 Å². The van der Waals surface area contributed by atoms with Gasteiger partial charge < -0.3 is 0 Å². The van der Waals surface area contributed by atoms with E-state index in [0.29, 0.717) is 6.07 Å². The van der Waals surface area contributed by atoms with Crippen molar-refractivity contribution in [3.8, 4) is 0 Å². The number of rotatable bonds is 3. The normalized spacial score (nSPS) is 12.5. The highest BCUT2D eigenvalue weighted by atomic mass is 35.5. The summed E-state index contributed by atoms with van der Waals surface area (Å²) < 4.78 is 61.4. The lowest BCUT2D eigenvalue weighted by molar-refractivity contribution is -0.137. The lowest BCUT2D eigenvalue weighted by atomic mass is 10.2. The summed E-state index contributed by atoms with van der Waals surface area (Å²) in [5.74, 6) is -0.190. The van der Waals surface area contributed by atoms with Crippen LogP contribution in [-0.2, 0) is 16.2 Å². The Bertz CT molecular complexity index is 513. The molecule has 0 saturated heterocycles. The standard InChI is InChI=1S/C9H9ClF3NO2S/c1-2-17(15,16)14-8-4-3-6(5-7(8)10)9(11,12)13/h3-5,14H,2H2,1H3. The van der Waals surface area contributed by atoms with Gasteiger partial charge in [0.05, 0.1) is 22.0 Å². The second-order valence-corrected chi connectivity index (χ2v) is 5.62. The summed E-state index contributed by atoms with van der Waals surface area (Å²) in [6, 6.07) is 2.42. The third kappa shape index (κ3) is 3.78. The Morgan fingerprint density at radius 2 is 1.94 bits per heavy atom. The van der Waals surface area contributed by atoms with E-state index >= 15 is 0 Å². The van der Waals surface area contributed by atoms with Crippen molar-refractivity contribution in [3.05, 3.63) is 28.8 Å². The fourth-order valence-corrected chi connectivity index (χ4v) is 1.96. The van der Waals surface area contributed by atoms with E-state index in [2.05, 4.69) is 4.72 Å². The van der Waals surface area contributed by atoms with Gasteiger partial charge in [0.15, 0.2) is 0 Å². The lowest BCUT2D eigenvalue weighted by Crippen LogP contribution is -2.15. The van der Waals surface area contributed by atoms with Crippen LogP contribution in [0.3, 0.4) is 0 Å². The van der Waals surface area contributed by atoms with Crippen LogP contribution in [-0.4, -0.2) is 14.2 Å². The largest absolute Gasteiger partial charge is 0.416 e. The fourth-order valence-electron chi connectivity index (χ4n) is 1.01. The Labute approximate surface area is 102 Å². The van der Waals surface area contributed by atoms with Crippen LogP contribution in [0.1, 0.15) is 12.5 Å². The summed E-state index contributed by atoms with van der Waals surface area (Å²) in [6.07, 6.45) is -4.51. The van der Waals surface area contributed by atoms with Crippen molar-refractivity contribution < 1.29 is 21.6 Å². The average molecular weight is 288 g/mol. The van der Waals surface area contributed by atoms with Crippen LogP contribution in [0, 0.1) is 0 Å². The zero-order chi connectivity index (χ0) is 13.3. The average Bonchev–Trinajstić information content (AvgIpc) is 2.19. The van der Waals surface area contributed by atoms with Gasteiger partial charge in [-0.2, -0.15) is 13.2 Å². The molecule has 0 saturated carbocycles. The molecule has 0 aliphatic heterocycles. The predicted octanol–water partition coefficient (Wildman–Crippen LogP) is 3.12. The first kappa shape index (κ1) is 14.1. The van der Waals surface area contributed by atoms with E-state index in [1.165, 1.54) is 6.92 Å². The van der Waals surface area contributed by atoms with Crippen LogP contribution in [0.5, 0.6) is 0 Å². The van der Waals surface area contributed by atoms with Crippen molar-refractivity contribution in [2.75, 3.05) is 10.5 Å². The first-order valence-electron chi connectivity index (χ1n) is 4.53. The summed E-state index contributed by atoms with van der Waals surface area (Å²) in [6.45, 7) is 1.40. The topological polar surface area (TPSA) is 46.2 Å². The van der Waals surface area contributed by atoms with Gasteiger partial charge in [-0.3, -0.25) is 4.72 Å². The first-order valence-corrected chi connectivity index (χ1v) is 6.56. The summed E-state index contributed by atoms with van der Waals surface area (Å²) >= 11 is 5.57. The Morgan fingerprint density at radius 1 is 1.35 bits per heavy atom. The van der Waals surface area contributed by atoms with Crippen LogP contribution in [0.25, 0.3) is 0 Å². The third-order valence-corrected chi connectivity index (χ3v) is 3.55. The van der Waals surface area contributed by atoms with Crippen molar-refractivity contribution in [1.82, 2.24) is 0 Å². The molecule has 0 aliphatic rings. The molecule has 1 rings (SSSR count). The molecule has 0 unspecified atom stereocenters. The molecule has 0 bridgehead atoms. The maximum absolute atomic E-state index is 12.3. The maximum Gasteiger partial charge on any atom is 0.416 e. The summed E-state index contributed by atoms with van der Waals surface area (Å²) in [7, 11) is -3.56. The van der Waals surface area contributed by atoms with Crippen molar-refractivity contribution in [2.45, 2.75) is 13.1 Å². The molecule has 0 amide bonds. The number of benzene rings is 1. The number of anilines is 1. The monoisotopic (exact) mass is 287 g/mol. The molecular formula is C9H9ClF3NO2S. The highest BCUT2D eigenvalue weighted by molar-refractivity contribution is 7.92. The molecule has 0 radical (unpaired) electrons. The molecular weight excluding hydrogens is 279 g/mol. The van der Waals surface area contributed by atoms with Crippen molar-refractivity contribution in [1.29, 1.82) is 0 Å². The predicted molar refractivity (Wildman–Crippen MR) is 59.5 cm³/mol. The fraction of sp³-hybridized carbons (Fsp3) is 0.333. The summed E-state index contributed by atoms with van der Waals surface area (Å²) in [4.78, 5) is 0. The highest BCUT2D eigenvalue weighted by Crippen LogP contribution is 2.33. The Morgan fingerprint density at radius 3 is 2.35 bits per heavy atom. The van der Waals surface area contributed by atoms with Gasteiger partial charge in [-0.05, 0) is 25.1 Å².